The number of para-hydroxylation sites is 5. The van der Waals surface area contributed by atoms with E-state index in [4.69, 9.17) is 8.83 Å². The molecule has 6 nitrogen and oxygen atoms in total. The monoisotopic (exact) mass is 1300 g/mol. The van der Waals surface area contributed by atoms with Crippen molar-refractivity contribution in [2.75, 3.05) is 9.80 Å². The molecule has 1 aliphatic heterocycles. The summed E-state index contributed by atoms with van der Waals surface area (Å²) in [4.78, 5) is 4.86. The second-order valence-electron chi connectivity index (χ2n) is 24.4. The van der Waals surface area contributed by atoms with Gasteiger partial charge in [-0.15, -0.1) is 0 Å². The van der Waals surface area contributed by atoms with E-state index < -0.39 is 0 Å². The smallest absolute Gasteiger partial charge is 0.0561 e. The molecule has 5 heterocycles. The first-order valence-corrected chi connectivity index (χ1v) is 33.8. The molecule has 19 rings (SSSR count). The topological polar surface area (TPSA) is 42.6 Å². The van der Waals surface area contributed by atoms with E-state index in [1.54, 1.807) is 0 Å². The minimum Gasteiger partial charge on any atom is -0.309 e. The Balaban J connectivity index is 0.734. The van der Waals surface area contributed by atoms with Crippen LogP contribution in [-0.2, 0) is 0 Å². The van der Waals surface area contributed by atoms with Gasteiger partial charge in [-0.05, 0) is 96.8 Å². The molecule has 7 heteroatoms. The number of fused-ring (bicyclic) bond motifs is 15. The first kappa shape index (κ1) is 53.4. The summed E-state index contributed by atoms with van der Waals surface area (Å²) >= 11 is -0.349. The fraction of sp³-hybridized carbons (Fsp3) is 0.0233. The van der Waals surface area contributed by atoms with Crippen LogP contribution in [0, 0.1) is 21.0 Å². The maximum atomic E-state index is 7.07. The van der Waals surface area contributed by atoms with E-state index in [0.717, 1.165) is 112 Å². The molecule has 1 aliphatic rings. The normalized spacial score (nSPS) is 12.2. The number of halogens is 1. The predicted molar refractivity (Wildman–Crippen MR) is 382 cm³/mol. The number of hydrogen-bond donors (Lipinski definition) is 0. The average molecular weight is 1300 g/mol. The zero-order valence-electron chi connectivity index (χ0n) is 50.9. The molecule has 14 aromatic carbocycles. The summed E-state index contributed by atoms with van der Waals surface area (Å²) in [5, 5.41) is 9.08. The van der Waals surface area contributed by atoms with Gasteiger partial charge in [0.25, 0.3) is 0 Å². The van der Waals surface area contributed by atoms with E-state index >= 15 is 0 Å². The van der Waals surface area contributed by atoms with Crippen molar-refractivity contribution in [1.29, 1.82) is 0 Å². The van der Waals surface area contributed by atoms with E-state index in [2.05, 4.69) is 336 Å². The van der Waals surface area contributed by atoms with E-state index in [0.29, 0.717) is 0 Å². The molecule has 0 saturated heterocycles. The second-order valence-corrected chi connectivity index (χ2v) is 27.3. The molecule has 0 atom stereocenters. The Kier molecular flexibility index (Phi) is 12.1. The number of aromatic nitrogens is 2. The van der Waals surface area contributed by atoms with E-state index in [-0.39, 0.29) is 21.2 Å². The molecule has 0 unspecified atom stereocenters. The fourth-order valence-corrected chi connectivity index (χ4v) is 17.8. The van der Waals surface area contributed by atoms with Crippen LogP contribution in [0.2, 0.25) is 0 Å². The minimum absolute atomic E-state index is 0.349. The second kappa shape index (κ2) is 21.1. The predicted octanol–water partition coefficient (Wildman–Crippen LogP) is 20.7. The van der Waals surface area contributed by atoms with Gasteiger partial charge in [0, 0.05) is 44.3 Å². The third-order valence-electron chi connectivity index (χ3n) is 19.1. The van der Waals surface area contributed by atoms with Crippen LogP contribution in [-0.4, -0.2) is 9.13 Å². The number of nitrogens with zero attached hydrogens (tertiary/aromatic N) is 4. The van der Waals surface area contributed by atoms with Crippen LogP contribution in [0.15, 0.2) is 312 Å². The van der Waals surface area contributed by atoms with Crippen molar-refractivity contribution in [1.82, 2.24) is 9.13 Å². The van der Waals surface area contributed by atoms with Crippen molar-refractivity contribution in [3.05, 3.63) is 322 Å². The van der Waals surface area contributed by atoms with Gasteiger partial charge in [-0.3, -0.25) is 0 Å². The zero-order chi connectivity index (χ0) is 61.4. The van der Waals surface area contributed by atoms with Gasteiger partial charge < -0.3 is 13.9 Å². The summed E-state index contributed by atoms with van der Waals surface area (Å²) in [6.07, 6.45) is 0. The standard InChI is InChI=1S/C86H56IN4O2/c1-53-19-9-10-24-63(53)64-42-36-58(47-54(64)2)88(60-37-43-68-66-25-12-15-32-77(66)90(80(68)50-60)56-20-5-3-6-21-56)59-40-46-82-74(49-59)72-29-17-28-65(86(72)93-82)55-35-41-70-71-45-39-62(52-84(71)92-83(70)48-55)89(79-34-18-31-76-85(79)73-27-11-14-30-75(73)87-76)61-38-44-69-67-26-13-16-33-78(67)91(81(69)51-61)57-22-7-4-8-23-57/h3-52H,1-2H3/q-1. The van der Waals surface area contributed by atoms with Crippen molar-refractivity contribution in [2.45, 2.75) is 13.8 Å². The summed E-state index contributed by atoms with van der Waals surface area (Å²) in [6.45, 7) is 4.42. The summed E-state index contributed by atoms with van der Waals surface area (Å²) in [5.74, 6) is 0. The van der Waals surface area contributed by atoms with Crippen LogP contribution in [0.4, 0.5) is 34.1 Å². The summed E-state index contributed by atoms with van der Waals surface area (Å²) in [7, 11) is 0. The van der Waals surface area contributed by atoms with Gasteiger partial charge in [0.15, 0.2) is 0 Å². The summed E-state index contributed by atoms with van der Waals surface area (Å²) < 4.78 is 21.8. The van der Waals surface area contributed by atoms with Gasteiger partial charge in [-0.25, -0.2) is 0 Å². The third kappa shape index (κ3) is 8.46. The molecule has 0 saturated carbocycles. The number of furan rings is 2. The largest absolute Gasteiger partial charge is 0.309 e. The number of rotatable bonds is 10. The Morgan fingerprint density at radius 2 is 0.796 bits per heavy atom. The van der Waals surface area contributed by atoms with Gasteiger partial charge in [0.1, 0.15) is 11.2 Å². The van der Waals surface area contributed by atoms with Gasteiger partial charge in [-0.2, -0.15) is 0 Å². The minimum atomic E-state index is -0.349. The van der Waals surface area contributed by atoms with Crippen molar-refractivity contribution in [3.8, 4) is 44.8 Å². The zero-order valence-corrected chi connectivity index (χ0v) is 53.0. The van der Waals surface area contributed by atoms with Crippen molar-refractivity contribution in [3.63, 3.8) is 0 Å². The first-order chi connectivity index (χ1) is 45.9. The van der Waals surface area contributed by atoms with Crippen LogP contribution >= 0.6 is 0 Å². The van der Waals surface area contributed by atoms with Crippen LogP contribution in [0.3, 0.4) is 0 Å². The molecular weight excluding hydrogens is 1250 g/mol. The van der Waals surface area contributed by atoms with Crippen LogP contribution in [0.25, 0.3) is 132 Å². The number of hydrogen-bond acceptors (Lipinski definition) is 4. The maximum Gasteiger partial charge on any atom is 0.0561 e. The van der Waals surface area contributed by atoms with E-state index in [1.165, 1.54) is 73.1 Å². The number of aryl methyl sites for hydroxylation is 2. The molecule has 0 radical (unpaired) electrons. The van der Waals surface area contributed by atoms with Crippen LogP contribution in [0.1, 0.15) is 11.1 Å². The molecule has 93 heavy (non-hydrogen) atoms. The number of benzene rings is 14. The molecule has 0 bridgehead atoms. The Hall–Kier alpha value is -11.4. The molecule has 0 spiro atoms. The van der Waals surface area contributed by atoms with Gasteiger partial charge in [-0.1, -0.05) is 91.0 Å². The Morgan fingerprint density at radius 1 is 0.290 bits per heavy atom. The molecule has 0 aliphatic carbocycles. The van der Waals surface area contributed by atoms with E-state index in [1.807, 2.05) is 0 Å². The number of anilines is 6. The summed E-state index contributed by atoms with van der Waals surface area (Å²) in [5.41, 5.74) is 26.2. The molecule has 0 N–H and O–H groups in total. The molecule has 0 amide bonds. The quantitative estimate of drug-likeness (QED) is 0.128. The van der Waals surface area contributed by atoms with E-state index in [9.17, 15) is 0 Å². The molecule has 4 aromatic heterocycles. The van der Waals surface area contributed by atoms with Crippen LogP contribution < -0.4 is 31.0 Å². The Labute approximate surface area is 546 Å². The van der Waals surface area contributed by atoms with Gasteiger partial charge in [0.05, 0.1) is 11.0 Å². The Morgan fingerprint density at radius 3 is 1.51 bits per heavy atom. The molecule has 18 aromatic rings. The van der Waals surface area contributed by atoms with Crippen molar-refractivity contribution >= 4 is 122 Å². The first-order valence-electron chi connectivity index (χ1n) is 31.7. The fourth-order valence-electron chi connectivity index (χ4n) is 14.9. The third-order valence-corrected chi connectivity index (χ3v) is 22.1. The maximum absolute atomic E-state index is 7.07. The molecular formula is C86H56IN4O2-. The SMILES string of the molecule is Cc1ccccc1-c1ccc(N(c2ccc3oc4c(-c5ccc6c(c5)oc5cc(N(c7ccc8c9ccccc9n(-c9ccccc9)c8c7)c7cccc8c7-c7ccccc7[I-]8)ccc56)cccc4c3c2)c2ccc3c4ccccc4n(-c4ccccc4)c3c2)cc1C. The van der Waals surface area contributed by atoms with Crippen molar-refractivity contribution < 1.29 is 30.0 Å². The van der Waals surface area contributed by atoms with Crippen molar-refractivity contribution in [2.24, 2.45) is 0 Å². The Bertz CT molecular complexity index is 6090. The van der Waals surface area contributed by atoms with Gasteiger partial charge >= 0.3 is 283 Å². The molecule has 0 fully saturated rings. The molecule has 440 valence electrons. The van der Waals surface area contributed by atoms with Crippen LogP contribution in [0.5, 0.6) is 0 Å². The summed E-state index contributed by atoms with van der Waals surface area (Å²) in [6, 6.07) is 111. The average Bonchev–Trinajstić information content (AvgIpc) is 1.68. The van der Waals surface area contributed by atoms with Gasteiger partial charge in [0.2, 0.25) is 0 Å².